The summed E-state index contributed by atoms with van der Waals surface area (Å²) in [5, 5.41) is 1.92. The summed E-state index contributed by atoms with van der Waals surface area (Å²) in [4.78, 5) is 25.8. The monoisotopic (exact) mass is 357 g/mol. The summed E-state index contributed by atoms with van der Waals surface area (Å²) in [6.45, 7) is 2.95. The summed E-state index contributed by atoms with van der Waals surface area (Å²) in [6.07, 6.45) is -3.23. The molecule has 3 atom stereocenters. The molecule has 0 bridgehead atoms. The second-order valence-corrected chi connectivity index (χ2v) is 6.25. The Kier molecular flexibility index (Phi) is 6.70. The van der Waals surface area contributed by atoms with E-state index in [4.69, 9.17) is 5.73 Å². The first-order valence-corrected chi connectivity index (χ1v) is 7.61. The fourth-order valence-corrected chi connectivity index (χ4v) is 3.16. The van der Waals surface area contributed by atoms with Crippen LogP contribution >= 0.6 is 12.4 Å². The maximum absolute atomic E-state index is 12.6. The van der Waals surface area contributed by atoms with E-state index in [1.807, 2.05) is 12.2 Å². The van der Waals surface area contributed by atoms with Gasteiger partial charge in [0.1, 0.15) is 12.0 Å². The van der Waals surface area contributed by atoms with E-state index in [2.05, 4.69) is 0 Å². The van der Waals surface area contributed by atoms with Crippen LogP contribution in [0.1, 0.15) is 32.6 Å². The van der Waals surface area contributed by atoms with Crippen LogP contribution in [0.15, 0.2) is 0 Å². The molecule has 2 heterocycles. The van der Waals surface area contributed by atoms with Crippen LogP contribution in [0, 0.1) is 11.8 Å². The van der Waals surface area contributed by atoms with Crippen LogP contribution < -0.4 is 11.1 Å². The molecule has 3 N–H and O–H groups in total. The highest BCUT2D eigenvalue weighted by Gasteiger charge is 2.46. The van der Waals surface area contributed by atoms with E-state index in [1.54, 1.807) is 4.90 Å². The highest BCUT2D eigenvalue weighted by Crippen LogP contribution is 2.30. The molecule has 0 aromatic heterocycles. The first kappa shape index (κ1) is 20.0. The second kappa shape index (κ2) is 7.70. The van der Waals surface area contributed by atoms with Gasteiger partial charge in [-0.2, -0.15) is 13.2 Å². The Bertz CT molecular complexity index is 437. The molecular formula is C14H23ClF3N3O2. The third kappa shape index (κ3) is 4.73. The van der Waals surface area contributed by atoms with E-state index >= 15 is 0 Å². The van der Waals surface area contributed by atoms with Crippen LogP contribution in [-0.2, 0) is 9.59 Å². The molecule has 2 aliphatic heterocycles. The normalized spacial score (nSPS) is 27.9. The van der Waals surface area contributed by atoms with Gasteiger partial charge in [0.2, 0.25) is 11.8 Å². The lowest BCUT2D eigenvalue weighted by Crippen LogP contribution is -2.55. The topological polar surface area (TPSA) is 75.4 Å². The Morgan fingerprint density at radius 1 is 1.26 bits per heavy atom. The largest absolute Gasteiger partial charge is 0.408 e. The molecule has 0 aliphatic carbocycles. The molecule has 3 unspecified atom stereocenters. The van der Waals surface area contributed by atoms with Crippen LogP contribution in [0.3, 0.4) is 0 Å². The van der Waals surface area contributed by atoms with Crippen molar-refractivity contribution in [3.05, 3.63) is 0 Å². The van der Waals surface area contributed by atoms with Crippen molar-refractivity contribution in [1.29, 1.82) is 0 Å². The van der Waals surface area contributed by atoms with Crippen LogP contribution in [0.4, 0.5) is 13.2 Å². The van der Waals surface area contributed by atoms with Crippen molar-refractivity contribution in [1.82, 2.24) is 10.2 Å². The minimum absolute atomic E-state index is 0. The molecule has 0 saturated carbocycles. The number of nitrogens with zero attached hydrogens (tertiary/aromatic N) is 1. The molecule has 0 aromatic rings. The molecule has 2 aliphatic rings. The number of nitrogens with one attached hydrogen (secondary N) is 1. The number of nitrogens with two attached hydrogens (primary N) is 1. The molecule has 9 heteroatoms. The van der Waals surface area contributed by atoms with Gasteiger partial charge in [0.25, 0.3) is 0 Å². The van der Waals surface area contributed by atoms with Crippen LogP contribution in [0.2, 0.25) is 0 Å². The Balaban J connectivity index is 0.00000264. The molecule has 2 amide bonds. The fraction of sp³-hybridized carbons (Fsp3) is 0.857. The van der Waals surface area contributed by atoms with Gasteiger partial charge < -0.3 is 16.0 Å². The van der Waals surface area contributed by atoms with Gasteiger partial charge in [-0.25, -0.2) is 0 Å². The molecule has 2 saturated heterocycles. The Hall–Kier alpha value is -1.02. The van der Waals surface area contributed by atoms with Crippen LogP contribution in [0.5, 0.6) is 0 Å². The first-order chi connectivity index (χ1) is 10.2. The number of likely N-dealkylation sites (tertiary alicyclic amines) is 1. The number of hydrogen-bond acceptors (Lipinski definition) is 3. The summed E-state index contributed by atoms with van der Waals surface area (Å²) >= 11 is 0. The molecule has 23 heavy (non-hydrogen) atoms. The van der Waals surface area contributed by atoms with Crippen LogP contribution in [0.25, 0.3) is 0 Å². The summed E-state index contributed by atoms with van der Waals surface area (Å²) in [7, 11) is 0. The predicted molar refractivity (Wildman–Crippen MR) is 80.9 cm³/mol. The standard InChI is InChI=1S/C14H22F3N3O2.ClH/c1-8(18)9-4-6-20(7-5-9)13(22)10-2-3-11(14(15,16)17)19-12(10)21;/h8-11H,2-7,18H2,1H3,(H,19,21);1H. The zero-order valence-corrected chi connectivity index (χ0v) is 13.8. The average molecular weight is 358 g/mol. The summed E-state index contributed by atoms with van der Waals surface area (Å²) in [6, 6.07) is -1.78. The van der Waals surface area contributed by atoms with Crippen molar-refractivity contribution < 1.29 is 22.8 Å². The average Bonchev–Trinajstić information content (AvgIpc) is 2.45. The summed E-state index contributed by atoms with van der Waals surface area (Å²) in [5.41, 5.74) is 5.84. The SMILES string of the molecule is CC(N)C1CCN(C(=O)C2CCC(C(F)(F)F)NC2=O)CC1.Cl. The third-order valence-electron chi connectivity index (χ3n) is 4.67. The predicted octanol–water partition coefficient (Wildman–Crippen LogP) is 1.45. The lowest BCUT2D eigenvalue weighted by atomic mass is 9.88. The molecule has 0 radical (unpaired) electrons. The van der Waals surface area contributed by atoms with Gasteiger partial charge in [-0.15, -0.1) is 12.4 Å². The highest BCUT2D eigenvalue weighted by molar-refractivity contribution is 6.00. The van der Waals surface area contributed by atoms with Crippen LogP contribution in [-0.4, -0.2) is 48.1 Å². The number of alkyl halides is 3. The molecule has 5 nitrogen and oxygen atoms in total. The molecule has 0 spiro atoms. The van der Waals surface area contributed by atoms with Crippen molar-refractivity contribution in [2.45, 2.75) is 50.9 Å². The van der Waals surface area contributed by atoms with Crippen molar-refractivity contribution >= 4 is 24.2 Å². The van der Waals surface area contributed by atoms with Gasteiger partial charge >= 0.3 is 6.18 Å². The van der Waals surface area contributed by atoms with E-state index < -0.39 is 24.0 Å². The molecule has 2 fully saturated rings. The minimum atomic E-state index is -4.46. The maximum Gasteiger partial charge on any atom is 0.408 e. The van der Waals surface area contributed by atoms with Crippen molar-refractivity contribution in [2.75, 3.05) is 13.1 Å². The van der Waals surface area contributed by atoms with E-state index in [9.17, 15) is 22.8 Å². The third-order valence-corrected chi connectivity index (χ3v) is 4.67. The van der Waals surface area contributed by atoms with E-state index in [-0.39, 0.29) is 37.2 Å². The van der Waals surface area contributed by atoms with Crippen molar-refractivity contribution in [2.24, 2.45) is 17.6 Å². The summed E-state index contributed by atoms with van der Waals surface area (Å²) < 4.78 is 37.8. The number of halogens is 4. The zero-order valence-electron chi connectivity index (χ0n) is 12.9. The Morgan fingerprint density at radius 2 is 1.83 bits per heavy atom. The molecule has 0 aromatic carbocycles. The maximum atomic E-state index is 12.6. The second-order valence-electron chi connectivity index (χ2n) is 6.25. The quantitative estimate of drug-likeness (QED) is 0.734. The van der Waals surface area contributed by atoms with Gasteiger partial charge in [0.05, 0.1) is 0 Å². The number of piperidine rings is 2. The Morgan fingerprint density at radius 3 is 2.26 bits per heavy atom. The van der Waals surface area contributed by atoms with Crippen molar-refractivity contribution in [3.8, 4) is 0 Å². The van der Waals surface area contributed by atoms with Gasteiger partial charge in [-0.05, 0) is 38.5 Å². The number of rotatable bonds is 2. The summed E-state index contributed by atoms with van der Waals surface area (Å²) in [5.74, 6) is -1.82. The zero-order chi connectivity index (χ0) is 16.5. The molecular weight excluding hydrogens is 335 g/mol. The fourth-order valence-electron chi connectivity index (χ4n) is 3.16. The molecule has 2 rings (SSSR count). The van der Waals surface area contributed by atoms with Gasteiger partial charge in [0.15, 0.2) is 0 Å². The first-order valence-electron chi connectivity index (χ1n) is 7.61. The molecule has 134 valence electrons. The van der Waals surface area contributed by atoms with E-state index in [1.165, 1.54) is 0 Å². The van der Waals surface area contributed by atoms with Gasteiger partial charge in [-0.1, -0.05) is 0 Å². The number of carbonyl (C=O) groups is 2. The highest BCUT2D eigenvalue weighted by atomic mass is 35.5. The van der Waals surface area contributed by atoms with E-state index in [0.29, 0.717) is 19.0 Å². The van der Waals surface area contributed by atoms with E-state index in [0.717, 1.165) is 12.8 Å². The lowest BCUT2D eigenvalue weighted by Gasteiger charge is -2.37. The van der Waals surface area contributed by atoms with Crippen molar-refractivity contribution in [3.63, 3.8) is 0 Å². The number of amides is 2. The number of carbonyl (C=O) groups excluding carboxylic acids is 2. The number of hydrogen-bond donors (Lipinski definition) is 2. The smallest absolute Gasteiger partial charge is 0.344 e. The lowest BCUT2D eigenvalue weighted by molar-refractivity contribution is -0.172. The van der Waals surface area contributed by atoms with Gasteiger partial charge in [-0.3, -0.25) is 9.59 Å². The Labute approximate surface area is 139 Å². The van der Waals surface area contributed by atoms with Gasteiger partial charge in [0, 0.05) is 19.1 Å². The minimum Gasteiger partial charge on any atom is -0.344 e.